The van der Waals surface area contributed by atoms with Gasteiger partial charge in [-0.15, -0.1) is 0 Å². The van der Waals surface area contributed by atoms with Crippen LogP contribution in [0, 0.1) is 13.8 Å². The van der Waals surface area contributed by atoms with E-state index in [0.717, 1.165) is 10.7 Å². The van der Waals surface area contributed by atoms with Crippen LogP contribution in [0.1, 0.15) is 11.1 Å². The average molecular weight is 270 g/mol. The maximum absolute atomic E-state index is 5.83. The molecule has 0 unspecified atom stereocenters. The summed E-state index contributed by atoms with van der Waals surface area (Å²) in [6.45, 7) is 4.18. The van der Waals surface area contributed by atoms with Crippen molar-refractivity contribution in [3.05, 3.63) is 47.9 Å². The Balaban J connectivity index is 2.10. The monoisotopic (exact) mass is 270 g/mol. The van der Waals surface area contributed by atoms with Crippen LogP contribution in [0.4, 0.5) is 5.82 Å². The normalized spacial score (nSPS) is 11.1. The molecule has 2 heterocycles. The van der Waals surface area contributed by atoms with E-state index >= 15 is 0 Å². The van der Waals surface area contributed by atoms with Crippen molar-refractivity contribution in [3.8, 4) is 0 Å². The number of benzene rings is 1. The second kappa shape index (κ2) is 4.59. The summed E-state index contributed by atoms with van der Waals surface area (Å²) in [5.41, 5.74) is 9.13. The molecule has 0 amide bonds. The van der Waals surface area contributed by atoms with E-state index in [1.807, 2.05) is 10.6 Å². The van der Waals surface area contributed by atoms with E-state index in [1.165, 1.54) is 16.0 Å². The Morgan fingerprint density at radius 2 is 2.11 bits per heavy atom. The second-order valence-corrected chi connectivity index (χ2v) is 5.53. The second-order valence-electron chi connectivity index (χ2n) is 4.50. The van der Waals surface area contributed by atoms with Crippen molar-refractivity contribution in [2.45, 2.75) is 23.8 Å². The van der Waals surface area contributed by atoms with E-state index in [1.54, 1.807) is 24.2 Å². The minimum absolute atomic E-state index is 0.498. The van der Waals surface area contributed by atoms with Gasteiger partial charge in [0.15, 0.2) is 5.65 Å². The summed E-state index contributed by atoms with van der Waals surface area (Å²) >= 11 is 1.60. The maximum atomic E-state index is 5.83. The third kappa shape index (κ3) is 2.29. The van der Waals surface area contributed by atoms with Crippen LogP contribution in [0.25, 0.3) is 5.65 Å². The minimum Gasteiger partial charge on any atom is -0.382 e. The number of aromatic nitrogens is 3. The van der Waals surface area contributed by atoms with Crippen LogP contribution in [0.3, 0.4) is 0 Å². The molecular weight excluding hydrogens is 256 g/mol. The van der Waals surface area contributed by atoms with Gasteiger partial charge in [0.25, 0.3) is 0 Å². The van der Waals surface area contributed by atoms with Crippen LogP contribution in [-0.4, -0.2) is 14.4 Å². The molecule has 0 aliphatic carbocycles. The molecule has 2 aromatic heterocycles. The zero-order valence-corrected chi connectivity index (χ0v) is 11.6. The Morgan fingerprint density at radius 1 is 1.26 bits per heavy atom. The van der Waals surface area contributed by atoms with E-state index in [4.69, 9.17) is 5.73 Å². The number of hydrogen-bond acceptors (Lipinski definition) is 4. The first kappa shape index (κ1) is 12.0. The van der Waals surface area contributed by atoms with E-state index in [9.17, 15) is 0 Å². The topological polar surface area (TPSA) is 56.2 Å². The lowest BCUT2D eigenvalue weighted by Gasteiger charge is -2.08. The Morgan fingerprint density at radius 3 is 2.95 bits per heavy atom. The Kier molecular flexibility index (Phi) is 2.91. The zero-order valence-electron chi connectivity index (χ0n) is 10.8. The molecule has 0 saturated heterocycles. The van der Waals surface area contributed by atoms with Crippen molar-refractivity contribution in [2.75, 3.05) is 5.73 Å². The number of rotatable bonds is 2. The van der Waals surface area contributed by atoms with Gasteiger partial charge in [-0.2, -0.15) is 0 Å². The third-order valence-electron chi connectivity index (χ3n) is 2.91. The highest BCUT2D eigenvalue weighted by Gasteiger charge is 2.09. The molecule has 19 heavy (non-hydrogen) atoms. The van der Waals surface area contributed by atoms with Gasteiger partial charge in [-0.25, -0.2) is 9.97 Å². The zero-order chi connectivity index (χ0) is 13.4. The van der Waals surface area contributed by atoms with Crippen LogP contribution >= 0.6 is 11.8 Å². The highest BCUT2D eigenvalue weighted by molar-refractivity contribution is 7.99. The number of nitrogen functional groups attached to an aromatic ring is 1. The van der Waals surface area contributed by atoms with Gasteiger partial charge in [-0.05, 0) is 31.0 Å². The first-order valence-corrected chi connectivity index (χ1v) is 6.79. The lowest BCUT2D eigenvalue weighted by atomic mass is 10.2. The van der Waals surface area contributed by atoms with Gasteiger partial charge in [0.2, 0.25) is 0 Å². The number of hydrogen-bond donors (Lipinski definition) is 1. The summed E-state index contributed by atoms with van der Waals surface area (Å²) in [6, 6.07) is 6.38. The fourth-order valence-corrected chi connectivity index (χ4v) is 2.99. The average Bonchev–Trinajstić information content (AvgIpc) is 2.82. The minimum atomic E-state index is 0.498. The smallest absolute Gasteiger partial charge is 0.170 e. The Bertz CT molecular complexity index is 748. The van der Waals surface area contributed by atoms with Gasteiger partial charge in [-0.3, -0.25) is 0 Å². The molecule has 0 radical (unpaired) electrons. The van der Waals surface area contributed by atoms with Crippen molar-refractivity contribution in [2.24, 2.45) is 0 Å². The number of fused-ring (bicyclic) bond motifs is 1. The molecule has 2 N–H and O–H groups in total. The molecular formula is C14H14N4S. The van der Waals surface area contributed by atoms with Crippen LogP contribution in [0.2, 0.25) is 0 Å². The molecule has 0 saturated carbocycles. The predicted octanol–water partition coefficient (Wildman–Crippen LogP) is 3.08. The summed E-state index contributed by atoms with van der Waals surface area (Å²) in [6.07, 6.45) is 5.40. The molecule has 0 fully saturated rings. The van der Waals surface area contributed by atoms with Gasteiger partial charge in [-0.1, -0.05) is 23.9 Å². The van der Waals surface area contributed by atoms with E-state index < -0.39 is 0 Å². The van der Waals surface area contributed by atoms with Gasteiger partial charge in [0.1, 0.15) is 10.8 Å². The number of imidazole rings is 1. The van der Waals surface area contributed by atoms with Crippen LogP contribution < -0.4 is 5.73 Å². The quantitative estimate of drug-likeness (QED) is 0.777. The first-order valence-electron chi connectivity index (χ1n) is 5.98. The number of aryl methyl sites for hydroxylation is 2. The maximum Gasteiger partial charge on any atom is 0.170 e. The molecule has 0 spiro atoms. The largest absolute Gasteiger partial charge is 0.382 e. The summed E-state index contributed by atoms with van der Waals surface area (Å²) in [4.78, 5) is 9.91. The summed E-state index contributed by atoms with van der Waals surface area (Å²) in [5.74, 6) is 0.498. The number of anilines is 1. The van der Waals surface area contributed by atoms with Gasteiger partial charge < -0.3 is 10.1 Å². The molecule has 3 aromatic rings. The summed E-state index contributed by atoms with van der Waals surface area (Å²) in [5, 5.41) is 0.832. The van der Waals surface area contributed by atoms with Crippen molar-refractivity contribution in [1.82, 2.24) is 14.4 Å². The Hall–Kier alpha value is -2.01. The van der Waals surface area contributed by atoms with Gasteiger partial charge in [0, 0.05) is 17.3 Å². The lowest BCUT2D eigenvalue weighted by Crippen LogP contribution is -1.97. The molecule has 0 bridgehead atoms. The van der Waals surface area contributed by atoms with Crippen LogP contribution in [-0.2, 0) is 0 Å². The standard InChI is InChI=1S/C14H14N4S/c1-9-3-4-10(2)11(7-9)19-14-13-16-5-6-18(13)8-12(15)17-14/h3-8H,15H2,1-2H3. The number of nitrogens with two attached hydrogens (primary N) is 1. The molecule has 4 nitrogen and oxygen atoms in total. The first-order chi connectivity index (χ1) is 9.13. The van der Waals surface area contributed by atoms with Crippen LogP contribution in [0.15, 0.2) is 46.7 Å². The molecule has 0 aliphatic rings. The molecule has 0 aliphatic heterocycles. The fraction of sp³-hybridized carbons (Fsp3) is 0.143. The fourth-order valence-electron chi connectivity index (χ4n) is 1.91. The highest BCUT2D eigenvalue weighted by Crippen LogP contribution is 2.32. The molecule has 96 valence electrons. The van der Waals surface area contributed by atoms with Crippen molar-refractivity contribution < 1.29 is 0 Å². The Labute approximate surface area is 115 Å². The molecule has 0 atom stereocenters. The van der Waals surface area contributed by atoms with Crippen LogP contribution in [0.5, 0.6) is 0 Å². The SMILES string of the molecule is Cc1ccc(C)c(Sc2nc(N)cn3ccnc23)c1. The van der Waals surface area contributed by atoms with E-state index in [2.05, 4.69) is 42.0 Å². The molecule has 1 aromatic carbocycles. The van der Waals surface area contributed by atoms with Crippen molar-refractivity contribution in [3.63, 3.8) is 0 Å². The summed E-state index contributed by atoms with van der Waals surface area (Å²) < 4.78 is 1.90. The lowest BCUT2D eigenvalue weighted by molar-refractivity contribution is 1.04. The summed E-state index contributed by atoms with van der Waals surface area (Å²) in [7, 11) is 0. The van der Waals surface area contributed by atoms with E-state index in [-0.39, 0.29) is 0 Å². The van der Waals surface area contributed by atoms with Crippen molar-refractivity contribution >= 4 is 23.2 Å². The van der Waals surface area contributed by atoms with Crippen molar-refractivity contribution in [1.29, 1.82) is 0 Å². The highest BCUT2D eigenvalue weighted by atomic mass is 32.2. The molecule has 3 rings (SSSR count). The molecule has 5 heteroatoms. The predicted molar refractivity (Wildman–Crippen MR) is 77.4 cm³/mol. The third-order valence-corrected chi connectivity index (χ3v) is 4.04. The number of nitrogens with zero attached hydrogens (tertiary/aromatic N) is 3. The van der Waals surface area contributed by atoms with Gasteiger partial charge >= 0.3 is 0 Å². The van der Waals surface area contributed by atoms with Gasteiger partial charge in [0.05, 0.1) is 6.20 Å². The van der Waals surface area contributed by atoms with E-state index in [0.29, 0.717) is 5.82 Å².